The van der Waals surface area contributed by atoms with Crippen LogP contribution in [0.1, 0.15) is 75.8 Å². The first-order chi connectivity index (χ1) is 11.0. The van der Waals surface area contributed by atoms with Gasteiger partial charge >= 0.3 is 0 Å². The molecule has 0 spiro atoms. The van der Waals surface area contributed by atoms with Crippen molar-refractivity contribution >= 4 is 10.1 Å². The summed E-state index contributed by atoms with van der Waals surface area (Å²) in [5.74, 6) is -0.134. The molecule has 0 unspecified atom stereocenters. The molecular formula is C19H32O3S. The second-order valence-corrected chi connectivity index (χ2v) is 8.01. The van der Waals surface area contributed by atoms with Crippen LogP contribution in [-0.4, -0.2) is 18.7 Å². The molecule has 0 aromatic heterocycles. The van der Waals surface area contributed by atoms with Gasteiger partial charge < -0.3 is 0 Å². The number of hydrogen-bond acceptors (Lipinski definition) is 2. The second-order valence-electron chi connectivity index (χ2n) is 6.43. The fourth-order valence-corrected chi connectivity index (χ4v) is 3.41. The average Bonchev–Trinajstić information content (AvgIpc) is 2.50. The monoisotopic (exact) mass is 340 g/mol. The summed E-state index contributed by atoms with van der Waals surface area (Å²) >= 11 is 0. The number of rotatable bonds is 13. The zero-order chi connectivity index (χ0) is 17.0. The Hall–Kier alpha value is -0.870. The van der Waals surface area contributed by atoms with Crippen molar-refractivity contribution in [1.29, 1.82) is 0 Å². The Bertz CT molecular complexity index is 523. The van der Waals surface area contributed by atoms with Gasteiger partial charge in [-0.3, -0.25) is 4.55 Å². The quantitative estimate of drug-likeness (QED) is 0.397. The fraction of sp³-hybridized carbons (Fsp3) is 0.684. The largest absolute Gasteiger partial charge is 0.286 e. The highest BCUT2D eigenvalue weighted by molar-refractivity contribution is 7.85. The average molecular weight is 341 g/mol. The summed E-state index contributed by atoms with van der Waals surface area (Å²) in [6.45, 7) is 2.25. The first-order valence-electron chi connectivity index (χ1n) is 9.04. The minimum atomic E-state index is -3.81. The van der Waals surface area contributed by atoms with Crippen molar-refractivity contribution < 1.29 is 13.0 Å². The summed E-state index contributed by atoms with van der Waals surface area (Å²) in [5.41, 5.74) is 2.65. The Morgan fingerprint density at radius 2 is 1.35 bits per heavy atom. The van der Waals surface area contributed by atoms with Gasteiger partial charge in [0.2, 0.25) is 0 Å². The molecule has 3 nitrogen and oxygen atoms in total. The first kappa shape index (κ1) is 20.2. The van der Waals surface area contributed by atoms with Crippen molar-refractivity contribution in [3.8, 4) is 0 Å². The lowest BCUT2D eigenvalue weighted by atomic mass is 10.0. The number of unbranched alkanes of at least 4 members (excludes halogenated alkanes) is 7. The van der Waals surface area contributed by atoms with Crippen LogP contribution in [0.15, 0.2) is 24.3 Å². The SMILES string of the molecule is CCCCCCCCCc1cccc(CCCCS(=O)(=O)O)c1. The van der Waals surface area contributed by atoms with Gasteiger partial charge in [0.05, 0.1) is 5.75 Å². The third kappa shape index (κ3) is 11.3. The van der Waals surface area contributed by atoms with Gasteiger partial charge in [-0.15, -0.1) is 0 Å². The van der Waals surface area contributed by atoms with Crippen LogP contribution >= 0.6 is 0 Å². The van der Waals surface area contributed by atoms with Gasteiger partial charge in [0, 0.05) is 0 Å². The molecule has 1 rings (SSSR count). The van der Waals surface area contributed by atoms with Gasteiger partial charge in [-0.05, 0) is 43.2 Å². The molecule has 0 atom stereocenters. The topological polar surface area (TPSA) is 54.4 Å². The van der Waals surface area contributed by atoms with E-state index in [1.165, 1.54) is 56.1 Å². The minimum absolute atomic E-state index is 0.134. The van der Waals surface area contributed by atoms with E-state index in [4.69, 9.17) is 4.55 Å². The fourth-order valence-electron chi connectivity index (χ4n) is 2.84. The van der Waals surface area contributed by atoms with Gasteiger partial charge in [-0.25, -0.2) is 0 Å². The smallest absolute Gasteiger partial charge is 0.264 e. The van der Waals surface area contributed by atoms with Crippen LogP contribution in [0, 0.1) is 0 Å². The maximum absolute atomic E-state index is 10.7. The molecule has 0 heterocycles. The summed E-state index contributed by atoms with van der Waals surface area (Å²) in [6, 6.07) is 8.61. The van der Waals surface area contributed by atoms with Crippen molar-refractivity contribution in [3.63, 3.8) is 0 Å². The highest BCUT2D eigenvalue weighted by atomic mass is 32.2. The summed E-state index contributed by atoms with van der Waals surface area (Å²) in [4.78, 5) is 0. The van der Waals surface area contributed by atoms with E-state index in [0.717, 1.165) is 19.3 Å². The molecule has 4 heteroatoms. The van der Waals surface area contributed by atoms with Gasteiger partial charge in [0.25, 0.3) is 10.1 Å². The van der Waals surface area contributed by atoms with Crippen LogP contribution < -0.4 is 0 Å². The standard InChI is InChI=1S/C19H32O3S/c1-2-3-4-5-6-7-8-12-18-14-11-15-19(17-18)13-9-10-16-23(20,21)22/h11,14-15,17H,2-10,12-13,16H2,1H3,(H,20,21,22). The maximum atomic E-state index is 10.7. The molecule has 0 aliphatic rings. The Kier molecular flexibility index (Phi) is 10.2. The second kappa shape index (κ2) is 11.6. The molecule has 0 amide bonds. The van der Waals surface area contributed by atoms with E-state index >= 15 is 0 Å². The lowest BCUT2D eigenvalue weighted by Gasteiger charge is -2.06. The van der Waals surface area contributed by atoms with Crippen molar-refractivity contribution in [3.05, 3.63) is 35.4 Å². The molecule has 0 saturated carbocycles. The van der Waals surface area contributed by atoms with Gasteiger partial charge in [-0.2, -0.15) is 8.42 Å². The van der Waals surface area contributed by atoms with Crippen LogP contribution in [0.5, 0.6) is 0 Å². The maximum Gasteiger partial charge on any atom is 0.264 e. The normalized spacial score (nSPS) is 11.7. The van der Waals surface area contributed by atoms with Crippen LogP contribution in [0.25, 0.3) is 0 Å². The van der Waals surface area contributed by atoms with Crippen LogP contribution in [0.2, 0.25) is 0 Å². The van der Waals surface area contributed by atoms with Crippen LogP contribution in [0.4, 0.5) is 0 Å². The van der Waals surface area contributed by atoms with E-state index in [2.05, 4.69) is 31.2 Å². The van der Waals surface area contributed by atoms with Crippen molar-refractivity contribution in [2.75, 3.05) is 5.75 Å². The molecule has 0 aliphatic heterocycles. The Labute approximate surface area is 142 Å². The molecule has 132 valence electrons. The molecule has 0 aliphatic carbocycles. The molecule has 0 radical (unpaired) electrons. The highest BCUT2D eigenvalue weighted by Crippen LogP contribution is 2.13. The molecule has 0 fully saturated rings. The Balaban J connectivity index is 2.20. The third-order valence-corrected chi connectivity index (χ3v) is 4.98. The molecule has 1 aromatic rings. The zero-order valence-corrected chi connectivity index (χ0v) is 15.3. The lowest BCUT2D eigenvalue weighted by Crippen LogP contribution is -2.04. The summed E-state index contributed by atoms with van der Waals surface area (Å²) < 4.78 is 30.1. The molecule has 0 saturated heterocycles. The number of benzene rings is 1. The zero-order valence-electron chi connectivity index (χ0n) is 14.5. The van der Waals surface area contributed by atoms with Crippen LogP contribution in [-0.2, 0) is 23.0 Å². The van der Waals surface area contributed by atoms with Crippen molar-refractivity contribution in [2.45, 2.75) is 77.6 Å². The minimum Gasteiger partial charge on any atom is -0.286 e. The summed E-state index contributed by atoms with van der Waals surface area (Å²) in [5, 5.41) is 0. The molecular weight excluding hydrogens is 308 g/mol. The van der Waals surface area contributed by atoms with Crippen LogP contribution in [0.3, 0.4) is 0 Å². The summed E-state index contributed by atoms with van der Waals surface area (Å²) in [6.07, 6.45) is 12.6. The molecule has 1 aromatic carbocycles. The van der Waals surface area contributed by atoms with E-state index in [1.807, 2.05) is 0 Å². The molecule has 0 bridgehead atoms. The van der Waals surface area contributed by atoms with Gasteiger partial charge in [0.15, 0.2) is 0 Å². The third-order valence-electron chi connectivity index (χ3n) is 4.18. The van der Waals surface area contributed by atoms with E-state index in [-0.39, 0.29) is 5.75 Å². The van der Waals surface area contributed by atoms with Gasteiger partial charge in [-0.1, -0.05) is 69.7 Å². The molecule has 1 N–H and O–H groups in total. The van der Waals surface area contributed by atoms with Crippen molar-refractivity contribution in [1.82, 2.24) is 0 Å². The number of hydrogen-bond donors (Lipinski definition) is 1. The first-order valence-corrected chi connectivity index (χ1v) is 10.6. The van der Waals surface area contributed by atoms with Crippen molar-refractivity contribution in [2.24, 2.45) is 0 Å². The van der Waals surface area contributed by atoms with E-state index in [0.29, 0.717) is 6.42 Å². The number of aryl methyl sites for hydroxylation is 2. The lowest BCUT2D eigenvalue weighted by molar-refractivity contribution is 0.480. The predicted molar refractivity (Wildman–Crippen MR) is 97.5 cm³/mol. The predicted octanol–water partition coefficient (Wildman–Crippen LogP) is 5.19. The summed E-state index contributed by atoms with van der Waals surface area (Å²) in [7, 11) is -3.81. The van der Waals surface area contributed by atoms with Gasteiger partial charge in [0.1, 0.15) is 0 Å². The van der Waals surface area contributed by atoms with E-state index in [9.17, 15) is 8.42 Å². The Morgan fingerprint density at radius 3 is 1.91 bits per heavy atom. The molecule has 23 heavy (non-hydrogen) atoms. The van der Waals surface area contributed by atoms with E-state index in [1.54, 1.807) is 0 Å². The van der Waals surface area contributed by atoms with E-state index < -0.39 is 10.1 Å². The highest BCUT2D eigenvalue weighted by Gasteiger charge is 2.04. The Morgan fingerprint density at radius 1 is 0.826 bits per heavy atom.